The van der Waals surface area contributed by atoms with Crippen LogP contribution >= 0.6 is 15.9 Å². The van der Waals surface area contributed by atoms with Gasteiger partial charge in [-0.1, -0.05) is 76.6 Å². The van der Waals surface area contributed by atoms with Gasteiger partial charge in [0.15, 0.2) is 0 Å². The Morgan fingerprint density at radius 3 is 2.27 bits per heavy atom. The third-order valence-corrected chi connectivity index (χ3v) is 6.36. The van der Waals surface area contributed by atoms with Gasteiger partial charge in [-0.15, -0.1) is 0 Å². The molecule has 0 radical (unpaired) electrons. The average Bonchev–Trinajstić information content (AvgIpc) is 2.78. The number of hydrogen-bond acceptors (Lipinski definition) is 2. The molecule has 2 aliphatic rings. The van der Waals surface area contributed by atoms with Crippen molar-refractivity contribution in [3.63, 3.8) is 0 Å². The molecule has 5 rings (SSSR count). The van der Waals surface area contributed by atoms with Gasteiger partial charge in [0.1, 0.15) is 11.5 Å². The SMILES string of the molecule is CN1C(=O)C2(C)C=C(c3ccccc3)OC(c3ccc(Br)cc3)=C2c2ccccc21. The summed E-state index contributed by atoms with van der Waals surface area (Å²) in [6, 6.07) is 26.0. The number of carbonyl (C=O) groups excluding carboxylic acids is 1. The van der Waals surface area contributed by atoms with Crippen LogP contribution in [-0.4, -0.2) is 13.0 Å². The van der Waals surface area contributed by atoms with Crippen molar-refractivity contribution in [1.82, 2.24) is 0 Å². The molecule has 2 aliphatic heterocycles. The van der Waals surface area contributed by atoms with Gasteiger partial charge in [-0.3, -0.25) is 4.79 Å². The molecule has 0 aromatic heterocycles. The van der Waals surface area contributed by atoms with E-state index in [9.17, 15) is 4.79 Å². The van der Waals surface area contributed by atoms with Crippen LogP contribution in [0.4, 0.5) is 5.69 Å². The maximum atomic E-state index is 13.6. The largest absolute Gasteiger partial charge is 0.456 e. The Bertz CT molecular complexity index is 1210. The Labute approximate surface area is 184 Å². The third kappa shape index (κ3) is 2.83. The number of amides is 1. The van der Waals surface area contributed by atoms with E-state index in [0.29, 0.717) is 5.76 Å². The van der Waals surface area contributed by atoms with Crippen molar-refractivity contribution in [2.75, 3.05) is 11.9 Å². The fourth-order valence-electron chi connectivity index (χ4n) is 4.32. The van der Waals surface area contributed by atoms with Crippen LogP contribution in [0.1, 0.15) is 23.6 Å². The smallest absolute Gasteiger partial charge is 0.241 e. The number of anilines is 1. The van der Waals surface area contributed by atoms with E-state index in [-0.39, 0.29) is 5.91 Å². The van der Waals surface area contributed by atoms with Gasteiger partial charge in [-0.2, -0.15) is 0 Å². The summed E-state index contributed by atoms with van der Waals surface area (Å²) in [7, 11) is 1.84. The molecule has 0 N–H and O–H groups in total. The van der Waals surface area contributed by atoms with E-state index in [2.05, 4.69) is 22.0 Å². The maximum absolute atomic E-state index is 13.6. The fourth-order valence-corrected chi connectivity index (χ4v) is 4.58. The molecule has 3 aromatic carbocycles. The molecule has 0 fully saturated rings. The first kappa shape index (κ1) is 18.9. The molecule has 0 bridgehead atoms. The Kier molecular flexibility index (Phi) is 4.40. The van der Waals surface area contributed by atoms with E-state index < -0.39 is 5.41 Å². The summed E-state index contributed by atoms with van der Waals surface area (Å²) >= 11 is 3.51. The average molecular weight is 458 g/mol. The Morgan fingerprint density at radius 2 is 1.53 bits per heavy atom. The van der Waals surface area contributed by atoms with Gasteiger partial charge in [0.05, 0.1) is 11.1 Å². The molecule has 1 amide bonds. The number of hydrogen-bond donors (Lipinski definition) is 0. The van der Waals surface area contributed by atoms with Crippen LogP contribution in [0, 0.1) is 5.41 Å². The van der Waals surface area contributed by atoms with Crippen molar-refractivity contribution in [2.45, 2.75) is 6.92 Å². The Morgan fingerprint density at radius 1 is 0.867 bits per heavy atom. The number of fused-ring (bicyclic) bond motifs is 3. The minimum Gasteiger partial charge on any atom is -0.456 e. The molecular weight excluding hydrogens is 438 g/mol. The Balaban J connectivity index is 1.82. The highest BCUT2D eigenvalue weighted by Crippen LogP contribution is 2.54. The van der Waals surface area contributed by atoms with Crippen molar-refractivity contribution in [1.29, 1.82) is 0 Å². The molecule has 3 aromatic rings. The van der Waals surface area contributed by atoms with Gasteiger partial charge in [0.25, 0.3) is 0 Å². The van der Waals surface area contributed by atoms with Gasteiger partial charge >= 0.3 is 0 Å². The van der Waals surface area contributed by atoms with E-state index >= 15 is 0 Å². The zero-order chi connectivity index (χ0) is 20.9. The molecule has 4 heteroatoms. The van der Waals surface area contributed by atoms with Crippen LogP contribution in [0.25, 0.3) is 17.1 Å². The van der Waals surface area contributed by atoms with Crippen molar-refractivity contribution in [3.8, 4) is 0 Å². The van der Waals surface area contributed by atoms with E-state index in [1.165, 1.54) is 0 Å². The zero-order valence-corrected chi connectivity index (χ0v) is 18.3. The van der Waals surface area contributed by atoms with Crippen molar-refractivity contribution in [2.24, 2.45) is 5.41 Å². The number of ether oxygens (including phenoxy) is 1. The van der Waals surface area contributed by atoms with E-state index in [4.69, 9.17) is 4.74 Å². The number of benzene rings is 3. The summed E-state index contributed by atoms with van der Waals surface area (Å²) < 4.78 is 7.52. The summed E-state index contributed by atoms with van der Waals surface area (Å²) in [5.41, 5.74) is 3.86. The van der Waals surface area contributed by atoms with Crippen LogP contribution in [0.5, 0.6) is 0 Å². The zero-order valence-electron chi connectivity index (χ0n) is 16.7. The van der Waals surface area contributed by atoms with Crippen LogP contribution in [0.2, 0.25) is 0 Å². The minimum atomic E-state index is -0.838. The summed E-state index contributed by atoms with van der Waals surface area (Å²) in [6.07, 6.45) is 1.97. The van der Waals surface area contributed by atoms with Crippen LogP contribution in [-0.2, 0) is 9.53 Å². The number of nitrogens with zero attached hydrogens (tertiary/aromatic N) is 1. The van der Waals surface area contributed by atoms with Gasteiger partial charge in [-0.05, 0) is 31.2 Å². The number of para-hydroxylation sites is 1. The van der Waals surface area contributed by atoms with Crippen molar-refractivity contribution < 1.29 is 9.53 Å². The summed E-state index contributed by atoms with van der Waals surface area (Å²) in [4.78, 5) is 15.4. The van der Waals surface area contributed by atoms with Crippen molar-refractivity contribution >= 4 is 44.6 Å². The normalized spacial score (nSPS) is 20.3. The first-order valence-electron chi connectivity index (χ1n) is 9.83. The quantitative estimate of drug-likeness (QED) is 0.447. The molecule has 3 nitrogen and oxygen atoms in total. The molecule has 0 spiro atoms. The monoisotopic (exact) mass is 457 g/mol. The highest BCUT2D eigenvalue weighted by molar-refractivity contribution is 9.10. The maximum Gasteiger partial charge on any atom is 0.241 e. The predicted molar refractivity (Wildman–Crippen MR) is 124 cm³/mol. The standard InChI is InChI=1S/C26H20BrNO2/c1-26-16-22(17-8-4-3-5-9-17)30-24(18-12-14-19(27)15-13-18)23(26)20-10-6-7-11-21(20)28(2)25(26)29/h3-16H,1-2H3. The molecule has 0 aliphatic carbocycles. The topological polar surface area (TPSA) is 29.5 Å². The first-order chi connectivity index (χ1) is 14.5. The van der Waals surface area contributed by atoms with Gasteiger partial charge < -0.3 is 9.64 Å². The fraction of sp³-hybridized carbons (Fsp3) is 0.115. The first-order valence-corrected chi connectivity index (χ1v) is 10.6. The molecule has 1 unspecified atom stereocenters. The summed E-state index contributed by atoms with van der Waals surface area (Å²) in [5.74, 6) is 1.45. The molecule has 148 valence electrons. The third-order valence-electron chi connectivity index (χ3n) is 5.83. The van der Waals surface area contributed by atoms with Crippen LogP contribution < -0.4 is 4.90 Å². The van der Waals surface area contributed by atoms with E-state index in [0.717, 1.165) is 38.2 Å². The minimum absolute atomic E-state index is 0.0301. The lowest BCUT2D eigenvalue weighted by atomic mass is 9.71. The van der Waals surface area contributed by atoms with Gasteiger partial charge in [0.2, 0.25) is 5.91 Å². The lowest BCUT2D eigenvalue weighted by molar-refractivity contribution is -0.122. The number of rotatable bonds is 2. The summed E-state index contributed by atoms with van der Waals surface area (Å²) in [5, 5.41) is 0. The van der Waals surface area contributed by atoms with Gasteiger partial charge in [0, 0.05) is 33.8 Å². The van der Waals surface area contributed by atoms with Gasteiger partial charge in [-0.25, -0.2) is 0 Å². The molecular formula is C26H20BrNO2. The second kappa shape index (κ2) is 6.99. The predicted octanol–water partition coefficient (Wildman–Crippen LogP) is 6.37. The second-order valence-corrected chi connectivity index (χ2v) is 8.69. The number of halogens is 1. The second-order valence-electron chi connectivity index (χ2n) is 7.77. The molecule has 1 atom stereocenters. The lowest BCUT2D eigenvalue weighted by Gasteiger charge is -2.42. The highest BCUT2D eigenvalue weighted by Gasteiger charge is 2.48. The Hall–Kier alpha value is -3.11. The molecule has 0 saturated heterocycles. The lowest BCUT2D eigenvalue weighted by Crippen LogP contribution is -2.45. The highest BCUT2D eigenvalue weighted by atomic mass is 79.9. The van der Waals surface area contributed by atoms with Crippen molar-refractivity contribution in [3.05, 3.63) is 106 Å². The molecule has 30 heavy (non-hydrogen) atoms. The summed E-state index contributed by atoms with van der Waals surface area (Å²) in [6.45, 7) is 1.99. The van der Waals surface area contributed by atoms with E-state index in [1.54, 1.807) is 4.90 Å². The number of carbonyl (C=O) groups is 1. The van der Waals surface area contributed by atoms with Crippen LogP contribution in [0.3, 0.4) is 0 Å². The molecule has 0 saturated carbocycles. The molecule has 2 heterocycles. The van der Waals surface area contributed by atoms with Crippen LogP contribution in [0.15, 0.2) is 89.4 Å². The van der Waals surface area contributed by atoms with E-state index in [1.807, 2.05) is 92.8 Å².